The van der Waals surface area contributed by atoms with Gasteiger partial charge >= 0.3 is 6.03 Å². The lowest BCUT2D eigenvalue weighted by molar-refractivity contribution is 0.102. The van der Waals surface area contributed by atoms with Gasteiger partial charge < -0.3 is 10.6 Å². The maximum absolute atomic E-state index is 12.5. The van der Waals surface area contributed by atoms with Crippen LogP contribution in [-0.2, 0) is 13.0 Å². The predicted octanol–water partition coefficient (Wildman–Crippen LogP) is 4.96. The Bertz CT molecular complexity index is 1000. The number of carbonyl (C=O) groups is 2. The van der Waals surface area contributed by atoms with Gasteiger partial charge in [0.25, 0.3) is 5.91 Å². The van der Waals surface area contributed by atoms with E-state index in [-0.39, 0.29) is 18.0 Å². The van der Waals surface area contributed by atoms with E-state index in [1.165, 1.54) is 16.9 Å². The Kier molecular flexibility index (Phi) is 7.59. The number of aromatic nitrogens is 1. The van der Waals surface area contributed by atoms with Gasteiger partial charge in [0.15, 0.2) is 5.13 Å². The molecule has 1 heterocycles. The minimum Gasteiger partial charge on any atom is -0.336 e. The highest BCUT2D eigenvalue weighted by Gasteiger charge is 2.10. The summed E-state index contributed by atoms with van der Waals surface area (Å²) in [7, 11) is 0. The van der Waals surface area contributed by atoms with E-state index in [0.717, 1.165) is 21.3 Å². The molecule has 0 atom stereocenters. The largest absolute Gasteiger partial charge is 0.336 e. The highest BCUT2D eigenvalue weighted by Crippen LogP contribution is 2.22. The number of benzene rings is 2. The summed E-state index contributed by atoms with van der Waals surface area (Å²) in [6.45, 7) is 4.20. The van der Waals surface area contributed by atoms with Crippen LogP contribution in [-0.4, -0.2) is 23.0 Å². The Balaban J connectivity index is 1.52. The first-order valence-corrected chi connectivity index (χ1v) is 11.1. The minimum absolute atomic E-state index is 0.0808. The third kappa shape index (κ3) is 6.67. The fourth-order valence-corrected chi connectivity index (χ4v) is 3.80. The average molecular weight is 487 g/mol. The standard InChI is InChI=1S/C22H23BrN4O2S/c1-14(2)26-21(29)24-12-16-3-7-17(8-4-16)20(28)27-22-25-13-19(30-22)11-15-5-9-18(23)10-6-15/h3-10,13-14H,11-12H2,1-2H3,(H2,24,26,29)(H,25,27,28). The molecule has 0 radical (unpaired) electrons. The van der Waals surface area contributed by atoms with Gasteiger partial charge in [-0.1, -0.05) is 40.2 Å². The molecular weight excluding hydrogens is 464 g/mol. The number of anilines is 1. The summed E-state index contributed by atoms with van der Waals surface area (Å²) in [6, 6.07) is 15.1. The molecule has 156 valence electrons. The Hall–Kier alpha value is -2.71. The molecule has 3 aromatic rings. The summed E-state index contributed by atoms with van der Waals surface area (Å²) in [5.74, 6) is -0.211. The van der Waals surface area contributed by atoms with Crippen LogP contribution < -0.4 is 16.0 Å². The lowest BCUT2D eigenvalue weighted by Gasteiger charge is -2.10. The van der Waals surface area contributed by atoms with Gasteiger partial charge in [0, 0.05) is 40.1 Å². The normalized spacial score (nSPS) is 10.7. The molecule has 0 bridgehead atoms. The zero-order chi connectivity index (χ0) is 21.5. The van der Waals surface area contributed by atoms with E-state index in [0.29, 0.717) is 17.2 Å². The first-order chi connectivity index (χ1) is 14.4. The van der Waals surface area contributed by atoms with Crippen LogP contribution in [0.5, 0.6) is 0 Å². The molecule has 0 aliphatic carbocycles. The number of hydrogen-bond donors (Lipinski definition) is 3. The molecule has 8 heteroatoms. The number of thiazole rings is 1. The van der Waals surface area contributed by atoms with Gasteiger partial charge in [-0.05, 0) is 49.2 Å². The van der Waals surface area contributed by atoms with E-state index in [2.05, 4.69) is 49.0 Å². The smallest absolute Gasteiger partial charge is 0.315 e. The van der Waals surface area contributed by atoms with Gasteiger partial charge in [-0.15, -0.1) is 11.3 Å². The quantitative estimate of drug-likeness (QED) is 0.441. The summed E-state index contributed by atoms with van der Waals surface area (Å²) in [5, 5.41) is 8.97. The molecule has 30 heavy (non-hydrogen) atoms. The molecule has 3 N–H and O–H groups in total. The lowest BCUT2D eigenvalue weighted by atomic mass is 10.1. The predicted molar refractivity (Wildman–Crippen MR) is 124 cm³/mol. The van der Waals surface area contributed by atoms with Crippen molar-refractivity contribution in [1.82, 2.24) is 15.6 Å². The third-order valence-electron chi connectivity index (χ3n) is 4.15. The van der Waals surface area contributed by atoms with Crippen molar-refractivity contribution in [1.29, 1.82) is 0 Å². The van der Waals surface area contributed by atoms with Gasteiger partial charge in [-0.25, -0.2) is 9.78 Å². The zero-order valence-corrected chi connectivity index (χ0v) is 19.1. The van der Waals surface area contributed by atoms with Crippen LogP contribution in [0.4, 0.5) is 9.93 Å². The maximum atomic E-state index is 12.5. The number of urea groups is 1. The molecule has 6 nitrogen and oxygen atoms in total. The third-order valence-corrected chi connectivity index (χ3v) is 5.60. The molecule has 0 aliphatic heterocycles. The molecular formula is C22H23BrN4O2S. The fraction of sp³-hybridized carbons (Fsp3) is 0.227. The fourth-order valence-electron chi connectivity index (χ4n) is 2.69. The van der Waals surface area contributed by atoms with Crippen LogP contribution in [0, 0.1) is 0 Å². The molecule has 0 aliphatic rings. The molecule has 3 rings (SSSR count). The van der Waals surface area contributed by atoms with Gasteiger partial charge in [-0.2, -0.15) is 0 Å². The second-order valence-electron chi connectivity index (χ2n) is 7.07. The van der Waals surface area contributed by atoms with Gasteiger partial charge in [-0.3, -0.25) is 10.1 Å². The van der Waals surface area contributed by atoms with Crippen molar-refractivity contribution in [2.75, 3.05) is 5.32 Å². The van der Waals surface area contributed by atoms with E-state index in [1.807, 2.05) is 38.1 Å². The summed E-state index contributed by atoms with van der Waals surface area (Å²) >= 11 is 4.90. The van der Waals surface area contributed by atoms with Crippen molar-refractivity contribution in [3.05, 3.63) is 80.8 Å². The van der Waals surface area contributed by atoms with Gasteiger partial charge in [0.2, 0.25) is 0 Å². The Labute approximate surface area is 188 Å². The summed E-state index contributed by atoms with van der Waals surface area (Å²) in [4.78, 5) is 29.5. The topological polar surface area (TPSA) is 83.1 Å². The highest BCUT2D eigenvalue weighted by atomic mass is 79.9. The van der Waals surface area contributed by atoms with Crippen LogP contribution in [0.3, 0.4) is 0 Å². The Morgan fingerprint density at radius 1 is 1.03 bits per heavy atom. The second-order valence-corrected chi connectivity index (χ2v) is 9.10. The first-order valence-electron chi connectivity index (χ1n) is 9.53. The molecule has 0 saturated heterocycles. The minimum atomic E-state index is -0.213. The molecule has 0 unspecified atom stereocenters. The van der Waals surface area contributed by atoms with Crippen molar-refractivity contribution in [3.63, 3.8) is 0 Å². The van der Waals surface area contributed by atoms with Crippen molar-refractivity contribution < 1.29 is 9.59 Å². The SMILES string of the molecule is CC(C)NC(=O)NCc1ccc(C(=O)Nc2ncc(Cc3ccc(Br)cc3)s2)cc1. The summed E-state index contributed by atoms with van der Waals surface area (Å²) in [5.41, 5.74) is 2.64. The van der Waals surface area contributed by atoms with E-state index in [1.54, 1.807) is 18.3 Å². The highest BCUT2D eigenvalue weighted by molar-refractivity contribution is 9.10. The van der Waals surface area contributed by atoms with Crippen molar-refractivity contribution in [3.8, 4) is 0 Å². The van der Waals surface area contributed by atoms with Gasteiger partial charge in [0.1, 0.15) is 0 Å². The number of hydrogen-bond acceptors (Lipinski definition) is 4. The Morgan fingerprint density at radius 3 is 2.37 bits per heavy atom. The second kappa shape index (κ2) is 10.4. The van der Waals surface area contributed by atoms with Crippen LogP contribution in [0.15, 0.2) is 59.2 Å². The van der Waals surface area contributed by atoms with E-state index >= 15 is 0 Å². The number of nitrogens with one attached hydrogen (secondary N) is 3. The van der Waals surface area contributed by atoms with E-state index in [9.17, 15) is 9.59 Å². The molecule has 0 fully saturated rings. The van der Waals surface area contributed by atoms with Crippen LogP contribution in [0.25, 0.3) is 0 Å². The maximum Gasteiger partial charge on any atom is 0.315 e. The zero-order valence-electron chi connectivity index (χ0n) is 16.7. The van der Waals surface area contributed by atoms with Gasteiger partial charge in [0.05, 0.1) is 0 Å². The lowest BCUT2D eigenvalue weighted by Crippen LogP contribution is -2.39. The average Bonchev–Trinajstić information content (AvgIpc) is 3.15. The number of rotatable bonds is 7. The first kappa shape index (κ1) is 22.0. The summed E-state index contributed by atoms with van der Waals surface area (Å²) < 4.78 is 1.05. The molecule has 3 amide bonds. The number of amides is 3. The molecule has 2 aromatic carbocycles. The molecule has 0 saturated carbocycles. The van der Waals surface area contributed by atoms with Crippen LogP contribution in [0.1, 0.15) is 40.2 Å². The van der Waals surface area contributed by atoms with Crippen molar-refractivity contribution in [2.45, 2.75) is 32.9 Å². The Morgan fingerprint density at radius 2 is 1.70 bits per heavy atom. The van der Waals surface area contributed by atoms with Crippen LogP contribution in [0.2, 0.25) is 0 Å². The molecule has 1 aromatic heterocycles. The number of halogens is 1. The number of nitrogens with zero attached hydrogens (tertiary/aromatic N) is 1. The number of carbonyl (C=O) groups excluding carboxylic acids is 2. The van der Waals surface area contributed by atoms with Crippen LogP contribution >= 0.6 is 27.3 Å². The van der Waals surface area contributed by atoms with Crippen molar-refractivity contribution in [2.24, 2.45) is 0 Å². The monoisotopic (exact) mass is 486 g/mol. The summed E-state index contributed by atoms with van der Waals surface area (Å²) in [6.07, 6.45) is 2.56. The van der Waals surface area contributed by atoms with E-state index in [4.69, 9.17) is 0 Å². The van der Waals surface area contributed by atoms with Crippen molar-refractivity contribution >= 4 is 44.3 Å². The van der Waals surface area contributed by atoms with E-state index < -0.39 is 0 Å². The molecule has 0 spiro atoms.